The fraction of sp³-hybridized carbons (Fsp3) is 0.500. The third-order valence-electron chi connectivity index (χ3n) is 3.37. The van der Waals surface area contributed by atoms with Gasteiger partial charge in [-0.15, -0.1) is 0 Å². The van der Waals surface area contributed by atoms with Crippen molar-refractivity contribution in [1.29, 1.82) is 0 Å². The zero-order chi connectivity index (χ0) is 15.2. The van der Waals surface area contributed by atoms with E-state index in [1.54, 1.807) is 0 Å². The number of ether oxygens (including phenoxy) is 1. The minimum absolute atomic E-state index is 0.0353. The molecule has 0 aliphatic carbocycles. The topological polar surface area (TPSA) is 50.4 Å². The smallest absolute Gasteiger partial charge is 0.387 e. The number of halogens is 3. The standard InChI is InChI=1S/C14H17ClF2N2O2/c15-11-7-10(2-3-12(11)21-14(16)17)19-13(20)4-1-9-5-6-18-8-9/h2-3,7,9,14,18H,1,4-6,8H2,(H,19,20). The first-order chi connectivity index (χ1) is 10.0. The first kappa shape index (κ1) is 16.0. The zero-order valence-electron chi connectivity index (χ0n) is 11.4. The van der Waals surface area contributed by atoms with Gasteiger partial charge >= 0.3 is 6.61 Å². The van der Waals surface area contributed by atoms with E-state index in [-0.39, 0.29) is 16.7 Å². The highest BCUT2D eigenvalue weighted by molar-refractivity contribution is 6.32. The maximum Gasteiger partial charge on any atom is 0.387 e. The van der Waals surface area contributed by atoms with E-state index in [1.807, 2.05) is 0 Å². The Morgan fingerprint density at radius 2 is 2.33 bits per heavy atom. The lowest BCUT2D eigenvalue weighted by Gasteiger charge is -2.11. The number of carbonyl (C=O) groups is 1. The number of alkyl halides is 2. The molecule has 1 unspecified atom stereocenters. The number of hydrogen-bond acceptors (Lipinski definition) is 3. The molecule has 4 nitrogen and oxygen atoms in total. The molecular formula is C14H17ClF2N2O2. The molecule has 0 spiro atoms. The van der Waals surface area contributed by atoms with Crippen LogP contribution in [-0.4, -0.2) is 25.6 Å². The molecule has 1 heterocycles. The third kappa shape index (κ3) is 5.13. The Labute approximate surface area is 126 Å². The van der Waals surface area contributed by atoms with Crippen LogP contribution < -0.4 is 15.4 Å². The van der Waals surface area contributed by atoms with Gasteiger partial charge < -0.3 is 15.4 Å². The van der Waals surface area contributed by atoms with Crippen LogP contribution in [0, 0.1) is 5.92 Å². The number of nitrogens with one attached hydrogen (secondary N) is 2. The SMILES string of the molecule is O=C(CCC1CCNC1)Nc1ccc(OC(F)F)c(Cl)c1. The van der Waals surface area contributed by atoms with Crippen LogP contribution in [0.15, 0.2) is 18.2 Å². The lowest BCUT2D eigenvalue weighted by Crippen LogP contribution is -2.15. The van der Waals surface area contributed by atoms with Crippen LogP contribution in [0.1, 0.15) is 19.3 Å². The Balaban J connectivity index is 1.84. The Morgan fingerprint density at radius 3 is 2.95 bits per heavy atom. The molecule has 0 saturated carbocycles. The predicted molar refractivity (Wildman–Crippen MR) is 76.9 cm³/mol. The second kappa shape index (κ2) is 7.56. The Kier molecular flexibility index (Phi) is 5.76. The van der Waals surface area contributed by atoms with E-state index in [0.717, 1.165) is 25.9 Å². The lowest BCUT2D eigenvalue weighted by molar-refractivity contribution is -0.116. The van der Waals surface area contributed by atoms with Gasteiger partial charge in [0.05, 0.1) is 5.02 Å². The van der Waals surface area contributed by atoms with E-state index in [1.165, 1.54) is 18.2 Å². The van der Waals surface area contributed by atoms with E-state index in [2.05, 4.69) is 15.4 Å². The normalized spacial score (nSPS) is 18.0. The van der Waals surface area contributed by atoms with Crippen molar-refractivity contribution >= 4 is 23.2 Å². The number of rotatable bonds is 6. The van der Waals surface area contributed by atoms with Crippen molar-refractivity contribution in [2.45, 2.75) is 25.9 Å². The van der Waals surface area contributed by atoms with Crippen LogP contribution in [0.25, 0.3) is 0 Å². The summed E-state index contributed by atoms with van der Waals surface area (Å²) in [5, 5.41) is 5.99. The molecule has 21 heavy (non-hydrogen) atoms. The summed E-state index contributed by atoms with van der Waals surface area (Å²) in [5.74, 6) is 0.323. The second-order valence-electron chi connectivity index (χ2n) is 4.97. The van der Waals surface area contributed by atoms with Gasteiger partial charge in [-0.05, 0) is 50.0 Å². The minimum Gasteiger partial charge on any atom is -0.433 e. The van der Waals surface area contributed by atoms with Crippen LogP contribution in [0.5, 0.6) is 5.75 Å². The number of anilines is 1. The Hall–Kier alpha value is -1.40. The number of carbonyl (C=O) groups excluding carboxylic acids is 1. The summed E-state index contributed by atoms with van der Waals surface area (Å²) in [5.41, 5.74) is 0.469. The van der Waals surface area contributed by atoms with Crippen LogP contribution >= 0.6 is 11.6 Å². The monoisotopic (exact) mass is 318 g/mol. The second-order valence-corrected chi connectivity index (χ2v) is 5.38. The summed E-state index contributed by atoms with van der Waals surface area (Å²) in [7, 11) is 0. The highest BCUT2D eigenvalue weighted by Gasteiger charge is 2.16. The van der Waals surface area contributed by atoms with Crippen molar-refractivity contribution in [3.8, 4) is 5.75 Å². The molecule has 1 aromatic rings. The molecule has 1 atom stereocenters. The lowest BCUT2D eigenvalue weighted by atomic mass is 10.0. The first-order valence-electron chi connectivity index (χ1n) is 6.79. The molecule has 116 valence electrons. The average molecular weight is 319 g/mol. The summed E-state index contributed by atoms with van der Waals surface area (Å²) in [6.45, 7) is -0.963. The van der Waals surface area contributed by atoms with E-state index in [0.29, 0.717) is 18.0 Å². The van der Waals surface area contributed by atoms with Gasteiger partial charge in [-0.2, -0.15) is 8.78 Å². The molecule has 2 N–H and O–H groups in total. The van der Waals surface area contributed by atoms with Gasteiger partial charge in [-0.1, -0.05) is 11.6 Å². The van der Waals surface area contributed by atoms with Gasteiger partial charge in [0.25, 0.3) is 0 Å². The molecule has 0 bridgehead atoms. The summed E-state index contributed by atoms with van der Waals surface area (Å²) >= 11 is 5.82. The maximum atomic E-state index is 12.1. The van der Waals surface area contributed by atoms with Crippen molar-refractivity contribution in [1.82, 2.24) is 5.32 Å². The van der Waals surface area contributed by atoms with Gasteiger partial charge in [0.1, 0.15) is 5.75 Å². The summed E-state index contributed by atoms with van der Waals surface area (Å²) in [6, 6.07) is 4.19. The molecule has 1 aromatic carbocycles. The van der Waals surface area contributed by atoms with Crippen molar-refractivity contribution < 1.29 is 18.3 Å². The molecule has 1 amide bonds. The van der Waals surface area contributed by atoms with Gasteiger partial charge in [-0.25, -0.2) is 0 Å². The van der Waals surface area contributed by atoms with Crippen molar-refractivity contribution in [3.05, 3.63) is 23.2 Å². The van der Waals surface area contributed by atoms with Crippen molar-refractivity contribution in [2.24, 2.45) is 5.92 Å². The van der Waals surface area contributed by atoms with Crippen molar-refractivity contribution in [3.63, 3.8) is 0 Å². The third-order valence-corrected chi connectivity index (χ3v) is 3.67. The van der Waals surface area contributed by atoms with Gasteiger partial charge in [0.2, 0.25) is 5.91 Å². The summed E-state index contributed by atoms with van der Waals surface area (Å²) < 4.78 is 28.4. The molecular weight excluding hydrogens is 302 g/mol. The van der Waals surface area contributed by atoms with Crippen LogP contribution in [0.2, 0.25) is 5.02 Å². The molecule has 1 aliphatic heterocycles. The van der Waals surface area contributed by atoms with E-state index in [4.69, 9.17) is 11.6 Å². The van der Waals surface area contributed by atoms with Crippen LogP contribution in [-0.2, 0) is 4.79 Å². The summed E-state index contributed by atoms with van der Waals surface area (Å²) in [6.07, 6.45) is 2.36. The molecule has 1 fully saturated rings. The Morgan fingerprint density at radius 1 is 1.52 bits per heavy atom. The number of benzene rings is 1. The maximum absolute atomic E-state index is 12.1. The van der Waals surface area contributed by atoms with Crippen LogP contribution in [0.3, 0.4) is 0 Å². The molecule has 7 heteroatoms. The quantitative estimate of drug-likeness (QED) is 0.846. The van der Waals surface area contributed by atoms with E-state index >= 15 is 0 Å². The predicted octanol–water partition coefficient (Wildman–Crippen LogP) is 3.27. The fourth-order valence-corrected chi connectivity index (χ4v) is 2.51. The van der Waals surface area contributed by atoms with Gasteiger partial charge in [0, 0.05) is 12.1 Å². The van der Waals surface area contributed by atoms with Gasteiger partial charge in [0.15, 0.2) is 0 Å². The highest BCUT2D eigenvalue weighted by atomic mass is 35.5. The van der Waals surface area contributed by atoms with E-state index in [9.17, 15) is 13.6 Å². The zero-order valence-corrected chi connectivity index (χ0v) is 12.1. The minimum atomic E-state index is -2.93. The van der Waals surface area contributed by atoms with E-state index < -0.39 is 6.61 Å². The average Bonchev–Trinajstić information content (AvgIpc) is 2.92. The highest BCUT2D eigenvalue weighted by Crippen LogP contribution is 2.29. The largest absolute Gasteiger partial charge is 0.433 e. The Bertz CT molecular complexity index is 494. The molecule has 0 aromatic heterocycles. The van der Waals surface area contributed by atoms with Gasteiger partial charge in [-0.3, -0.25) is 4.79 Å². The van der Waals surface area contributed by atoms with Crippen LogP contribution in [0.4, 0.5) is 14.5 Å². The molecule has 2 rings (SSSR count). The summed E-state index contributed by atoms with van der Waals surface area (Å²) in [4.78, 5) is 11.8. The molecule has 1 saturated heterocycles. The number of amides is 1. The van der Waals surface area contributed by atoms with Crippen molar-refractivity contribution in [2.75, 3.05) is 18.4 Å². The molecule has 0 radical (unpaired) electrons. The molecule has 1 aliphatic rings. The fourth-order valence-electron chi connectivity index (χ4n) is 2.29. The first-order valence-corrected chi connectivity index (χ1v) is 7.17. The number of hydrogen-bond donors (Lipinski definition) is 2.